The topological polar surface area (TPSA) is 65.5 Å². The van der Waals surface area contributed by atoms with Crippen molar-refractivity contribution in [2.45, 2.75) is 18.9 Å². The molecule has 1 aromatic rings. The third kappa shape index (κ3) is 2.06. The second-order valence-electron chi connectivity index (χ2n) is 5.45. The lowest BCUT2D eigenvalue weighted by atomic mass is 9.92. The van der Waals surface area contributed by atoms with E-state index in [0.29, 0.717) is 6.54 Å². The predicted molar refractivity (Wildman–Crippen MR) is 74.2 cm³/mol. The fourth-order valence-corrected chi connectivity index (χ4v) is 3.15. The normalized spacial score (nSPS) is 26.4. The summed E-state index contributed by atoms with van der Waals surface area (Å²) in [6, 6.07) is 3.70. The molecule has 106 valence electrons. The molecule has 2 aliphatic rings. The Bertz CT molecular complexity index is 525. The Labute approximate surface area is 117 Å². The molecule has 2 amide bonds. The average molecular weight is 274 g/mol. The molecule has 2 aliphatic heterocycles. The van der Waals surface area contributed by atoms with Gasteiger partial charge in [0.1, 0.15) is 6.54 Å². The summed E-state index contributed by atoms with van der Waals surface area (Å²) in [5.74, 6) is -0.0846. The van der Waals surface area contributed by atoms with Crippen LogP contribution in [0.1, 0.15) is 13.3 Å². The van der Waals surface area contributed by atoms with E-state index in [1.165, 1.54) is 6.92 Å². The molecule has 2 saturated heterocycles. The summed E-state index contributed by atoms with van der Waals surface area (Å²) in [7, 11) is 0. The molecule has 1 spiro atoms. The van der Waals surface area contributed by atoms with Gasteiger partial charge in [-0.25, -0.2) is 0 Å². The Kier molecular flexibility index (Phi) is 3.17. The highest BCUT2D eigenvalue weighted by Crippen LogP contribution is 2.31. The average Bonchev–Trinajstić information content (AvgIpc) is 2.91. The molecular formula is C14H18N4O2. The van der Waals surface area contributed by atoms with Gasteiger partial charge in [-0.15, -0.1) is 0 Å². The second-order valence-corrected chi connectivity index (χ2v) is 5.45. The van der Waals surface area contributed by atoms with E-state index in [4.69, 9.17) is 0 Å². The van der Waals surface area contributed by atoms with Gasteiger partial charge in [0.05, 0.1) is 24.0 Å². The van der Waals surface area contributed by atoms with E-state index in [1.54, 1.807) is 22.2 Å². The van der Waals surface area contributed by atoms with Crippen molar-refractivity contribution < 1.29 is 9.59 Å². The van der Waals surface area contributed by atoms with Gasteiger partial charge in [0.15, 0.2) is 0 Å². The van der Waals surface area contributed by atoms with E-state index < -0.39 is 0 Å². The van der Waals surface area contributed by atoms with Gasteiger partial charge in [-0.2, -0.15) is 0 Å². The van der Waals surface area contributed by atoms with Crippen LogP contribution in [0.4, 0.5) is 5.69 Å². The number of hydrogen-bond acceptors (Lipinski definition) is 4. The number of aromatic nitrogens is 1. The first-order valence-corrected chi connectivity index (χ1v) is 6.82. The summed E-state index contributed by atoms with van der Waals surface area (Å²) >= 11 is 0. The third-order valence-electron chi connectivity index (χ3n) is 4.18. The van der Waals surface area contributed by atoms with E-state index in [-0.39, 0.29) is 23.9 Å². The lowest BCUT2D eigenvalue weighted by molar-refractivity contribution is -0.142. The first-order valence-electron chi connectivity index (χ1n) is 6.82. The second kappa shape index (κ2) is 4.86. The van der Waals surface area contributed by atoms with Gasteiger partial charge >= 0.3 is 0 Å². The molecule has 3 heterocycles. The maximum Gasteiger partial charge on any atom is 0.246 e. The van der Waals surface area contributed by atoms with Gasteiger partial charge in [0, 0.05) is 19.7 Å². The Morgan fingerprint density at radius 2 is 2.35 bits per heavy atom. The Morgan fingerprint density at radius 3 is 2.95 bits per heavy atom. The highest BCUT2D eigenvalue weighted by molar-refractivity contribution is 5.98. The van der Waals surface area contributed by atoms with E-state index in [2.05, 4.69) is 10.3 Å². The number of amides is 2. The zero-order valence-electron chi connectivity index (χ0n) is 11.5. The van der Waals surface area contributed by atoms with E-state index >= 15 is 0 Å². The molecule has 2 fully saturated rings. The van der Waals surface area contributed by atoms with E-state index in [1.807, 2.05) is 12.1 Å². The molecule has 0 bridgehead atoms. The maximum atomic E-state index is 12.3. The van der Waals surface area contributed by atoms with Crippen molar-refractivity contribution in [2.24, 2.45) is 0 Å². The largest absolute Gasteiger partial charge is 0.325 e. The molecule has 0 saturated carbocycles. The molecule has 20 heavy (non-hydrogen) atoms. The number of nitrogens with zero attached hydrogens (tertiary/aromatic N) is 3. The van der Waals surface area contributed by atoms with Gasteiger partial charge in [-0.1, -0.05) is 0 Å². The van der Waals surface area contributed by atoms with Crippen molar-refractivity contribution in [3.8, 4) is 0 Å². The van der Waals surface area contributed by atoms with Gasteiger partial charge in [-0.05, 0) is 25.1 Å². The number of carbonyl (C=O) groups excluding carboxylic acids is 2. The number of anilines is 1. The molecule has 0 aliphatic carbocycles. The van der Waals surface area contributed by atoms with Crippen molar-refractivity contribution in [3.63, 3.8) is 0 Å². The minimum absolute atomic E-state index is 0.0344. The molecule has 1 aromatic heterocycles. The Hall–Kier alpha value is -1.95. The van der Waals surface area contributed by atoms with E-state index in [9.17, 15) is 9.59 Å². The monoisotopic (exact) mass is 274 g/mol. The predicted octanol–water partition coefficient (Wildman–Crippen LogP) is 0.00880. The smallest absolute Gasteiger partial charge is 0.246 e. The van der Waals surface area contributed by atoms with Crippen molar-refractivity contribution in [1.29, 1.82) is 0 Å². The van der Waals surface area contributed by atoms with Crippen LogP contribution in [0.2, 0.25) is 0 Å². The number of pyridine rings is 1. The van der Waals surface area contributed by atoms with Crippen LogP contribution in [0.3, 0.4) is 0 Å². The van der Waals surface area contributed by atoms with Gasteiger partial charge < -0.3 is 15.1 Å². The van der Waals surface area contributed by atoms with Crippen LogP contribution < -0.4 is 10.2 Å². The maximum absolute atomic E-state index is 12.3. The highest BCUT2D eigenvalue weighted by Gasteiger charge is 2.48. The van der Waals surface area contributed by atoms with Crippen LogP contribution in [0.5, 0.6) is 0 Å². The standard InChI is InChI=1S/C14H18N4O2/c1-11(19)18-8-13(20)17(12-3-2-5-15-7-12)10-14(18)4-6-16-9-14/h2-3,5,7,16H,4,6,8-10H2,1H3/t14-/m0/s1. The quantitative estimate of drug-likeness (QED) is 0.783. The van der Waals surface area contributed by atoms with Crippen molar-refractivity contribution >= 4 is 17.5 Å². The SMILES string of the molecule is CC(=O)N1CC(=O)N(c2cccnc2)C[C@@]12CCNC2. The Morgan fingerprint density at radius 1 is 1.50 bits per heavy atom. The lowest BCUT2D eigenvalue weighted by Gasteiger charge is -2.47. The van der Waals surface area contributed by atoms with Crippen LogP contribution in [-0.2, 0) is 9.59 Å². The zero-order valence-corrected chi connectivity index (χ0v) is 11.5. The van der Waals surface area contributed by atoms with Crippen molar-refractivity contribution in [1.82, 2.24) is 15.2 Å². The highest BCUT2D eigenvalue weighted by atomic mass is 16.2. The summed E-state index contributed by atoms with van der Waals surface area (Å²) in [5, 5.41) is 3.31. The van der Waals surface area contributed by atoms with Gasteiger partial charge in [0.2, 0.25) is 11.8 Å². The minimum atomic E-state index is -0.282. The van der Waals surface area contributed by atoms with Crippen LogP contribution in [0.15, 0.2) is 24.5 Å². The summed E-state index contributed by atoms with van der Waals surface area (Å²) in [6.07, 6.45) is 4.25. The lowest BCUT2D eigenvalue weighted by Crippen LogP contribution is -2.66. The number of carbonyl (C=O) groups is 2. The molecule has 1 N–H and O–H groups in total. The fraction of sp³-hybridized carbons (Fsp3) is 0.500. The summed E-state index contributed by atoms with van der Waals surface area (Å²) < 4.78 is 0. The number of rotatable bonds is 1. The molecule has 0 unspecified atom stereocenters. The zero-order chi connectivity index (χ0) is 14.2. The van der Waals surface area contributed by atoms with Crippen molar-refractivity contribution in [3.05, 3.63) is 24.5 Å². The number of nitrogens with one attached hydrogen (secondary N) is 1. The summed E-state index contributed by atoms with van der Waals surface area (Å²) in [4.78, 5) is 31.7. The van der Waals surface area contributed by atoms with Crippen LogP contribution >= 0.6 is 0 Å². The Balaban J connectivity index is 1.93. The van der Waals surface area contributed by atoms with Gasteiger partial charge in [-0.3, -0.25) is 14.6 Å². The third-order valence-corrected chi connectivity index (χ3v) is 4.18. The van der Waals surface area contributed by atoms with Crippen molar-refractivity contribution in [2.75, 3.05) is 31.1 Å². The fourth-order valence-electron chi connectivity index (χ4n) is 3.15. The molecule has 3 rings (SSSR count). The first kappa shape index (κ1) is 13.1. The summed E-state index contributed by atoms with van der Waals surface area (Å²) in [6.45, 7) is 3.82. The van der Waals surface area contributed by atoms with Crippen LogP contribution in [0, 0.1) is 0 Å². The molecule has 6 nitrogen and oxygen atoms in total. The first-order chi connectivity index (χ1) is 9.62. The molecular weight excluding hydrogens is 256 g/mol. The summed E-state index contributed by atoms with van der Waals surface area (Å²) in [5.41, 5.74) is 0.516. The molecule has 1 atom stereocenters. The molecule has 0 radical (unpaired) electrons. The molecule has 0 aromatic carbocycles. The minimum Gasteiger partial charge on any atom is -0.325 e. The number of piperazine rings is 1. The van der Waals surface area contributed by atoms with Crippen LogP contribution in [0.25, 0.3) is 0 Å². The van der Waals surface area contributed by atoms with Gasteiger partial charge in [0.25, 0.3) is 0 Å². The molecule has 6 heteroatoms. The number of hydrogen-bond donors (Lipinski definition) is 1. The van der Waals surface area contributed by atoms with Crippen LogP contribution in [-0.4, -0.2) is 53.4 Å². The van der Waals surface area contributed by atoms with E-state index in [0.717, 1.165) is 25.2 Å².